The molecule has 0 heterocycles. The summed E-state index contributed by atoms with van der Waals surface area (Å²) in [5, 5.41) is 0. The second-order valence-electron chi connectivity index (χ2n) is 6.63. The number of rotatable bonds is 10. The van der Waals surface area contributed by atoms with Gasteiger partial charge in [-0.15, -0.1) is 12.4 Å². The number of aryl methyl sites for hydroxylation is 1. The van der Waals surface area contributed by atoms with Crippen molar-refractivity contribution in [2.24, 2.45) is 11.7 Å². The SMILES string of the molecule is Cc1cccc(OCCCCC(=O)N(C)CCC(N)C(C)C)c1.Cl. The van der Waals surface area contributed by atoms with Gasteiger partial charge in [0, 0.05) is 26.1 Å². The van der Waals surface area contributed by atoms with E-state index in [2.05, 4.69) is 13.8 Å². The molecule has 0 fully saturated rings. The molecule has 0 aliphatic rings. The fourth-order valence-electron chi connectivity index (χ4n) is 2.27. The summed E-state index contributed by atoms with van der Waals surface area (Å²) < 4.78 is 5.69. The van der Waals surface area contributed by atoms with E-state index in [1.165, 1.54) is 5.56 Å². The standard InChI is InChI=1S/C19H32N2O2.ClH/c1-15(2)18(20)11-12-21(4)19(22)10-5-6-13-23-17-9-7-8-16(3)14-17;/h7-9,14-15,18H,5-6,10-13,20H2,1-4H3;1H. The van der Waals surface area contributed by atoms with Gasteiger partial charge in [-0.25, -0.2) is 0 Å². The van der Waals surface area contributed by atoms with Crippen LogP contribution in [0.25, 0.3) is 0 Å². The van der Waals surface area contributed by atoms with Crippen LogP contribution >= 0.6 is 12.4 Å². The van der Waals surface area contributed by atoms with Gasteiger partial charge in [0.25, 0.3) is 0 Å². The lowest BCUT2D eigenvalue weighted by molar-refractivity contribution is -0.130. The highest BCUT2D eigenvalue weighted by Gasteiger charge is 2.12. The minimum absolute atomic E-state index is 0. The Bertz CT molecular complexity index is 480. The number of nitrogens with zero attached hydrogens (tertiary/aromatic N) is 1. The predicted octanol–water partition coefficient (Wildman–Crippen LogP) is 3.80. The van der Waals surface area contributed by atoms with E-state index in [-0.39, 0.29) is 24.4 Å². The first-order valence-electron chi connectivity index (χ1n) is 8.59. The minimum Gasteiger partial charge on any atom is -0.494 e. The molecular weight excluding hydrogens is 324 g/mol. The molecule has 1 amide bonds. The fourth-order valence-corrected chi connectivity index (χ4v) is 2.27. The molecule has 138 valence electrons. The average molecular weight is 357 g/mol. The van der Waals surface area contributed by atoms with Crippen LogP contribution in [0.1, 0.15) is 45.1 Å². The number of amides is 1. The van der Waals surface area contributed by atoms with E-state index >= 15 is 0 Å². The van der Waals surface area contributed by atoms with Crippen LogP contribution in [0.5, 0.6) is 5.75 Å². The van der Waals surface area contributed by atoms with Gasteiger partial charge in [-0.05, 0) is 49.8 Å². The van der Waals surface area contributed by atoms with Crippen molar-refractivity contribution in [1.82, 2.24) is 4.90 Å². The van der Waals surface area contributed by atoms with Gasteiger partial charge in [0.1, 0.15) is 5.75 Å². The maximum Gasteiger partial charge on any atom is 0.222 e. The van der Waals surface area contributed by atoms with Crippen LogP contribution in [0.4, 0.5) is 0 Å². The first-order valence-corrected chi connectivity index (χ1v) is 8.59. The zero-order chi connectivity index (χ0) is 17.2. The summed E-state index contributed by atoms with van der Waals surface area (Å²) in [6, 6.07) is 8.19. The number of carbonyl (C=O) groups excluding carboxylic acids is 1. The Morgan fingerprint density at radius 2 is 2.00 bits per heavy atom. The summed E-state index contributed by atoms with van der Waals surface area (Å²) in [4.78, 5) is 13.8. The van der Waals surface area contributed by atoms with E-state index in [0.29, 0.717) is 18.9 Å². The van der Waals surface area contributed by atoms with Crippen LogP contribution in [0.2, 0.25) is 0 Å². The Labute approximate surface area is 153 Å². The van der Waals surface area contributed by atoms with Crippen molar-refractivity contribution in [3.8, 4) is 5.75 Å². The van der Waals surface area contributed by atoms with Crippen molar-refractivity contribution in [2.45, 2.75) is 52.5 Å². The maximum absolute atomic E-state index is 12.0. The van der Waals surface area contributed by atoms with Gasteiger partial charge in [-0.2, -0.15) is 0 Å². The van der Waals surface area contributed by atoms with E-state index in [0.717, 1.165) is 31.6 Å². The van der Waals surface area contributed by atoms with Crippen LogP contribution in [0.3, 0.4) is 0 Å². The molecular formula is C19H33ClN2O2. The highest BCUT2D eigenvalue weighted by Crippen LogP contribution is 2.13. The molecule has 0 radical (unpaired) electrons. The minimum atomic E-state index is 0. The molecule has 5 heteroatoms. The first-order chi connectivity index (χ1) is 10.9. The number of nitrogens with two attached hydrogens (primary N) is 1. The zero-order valence-corrected chi connectivity index (χ0v) is 16.3. The number of carbonyl (C=O) groups is 1. The molecule has 0 saturated heterocycles. The summed E-state index contributed by atoms with van der Waals surface area (Å²) in [5.74, 6) is 1.55. The van der Waals surface area contributed by atoms with Crippen molar-refractivity contribution in [1.29, 1.82) is 0 Å². The van der Waals surface area contributed by atoms with E-state index in [1.807, 2.05) is 38.2 Å². The third-order valence-electron chi connectivity index (χ3n) is 4.12. The lowest BCUT2D eigenvalue weighted by Gasteiger charge is -2.21. The Hall–Kier alpha value is -1.26. The van der Waals surface area contributed by atoms with Gasteiger partial charge in [-0.1, -0.05) is 26.0 Å². The number of benzene rings is 1. The summed E-state index contributed by atoms with van der Waals surface area (Å²) in [5.41, 5.74) is 7.21. The van der Waals surface area contributed by atoms with Crippen molar-refractivity contribution < 1.29 is 9.53 Å². The number of ether oxygens (including phenoxy) is 1. The summed E-state index contributed by atoms with van der Waals surface area (Å²) in [6.45, 7) is 7.66. The molecule has 1 atom stereocenters. The van der Waals surface area contributed by atoms with E-state index in [1.54, 1.807) is 4.90 Å². The van der Waals surface area contributed by atoms with Crippen LogP contribution in [-0.2, 0) is 4.79 Å². The zero-order valence-electron chi connectivity index (χ0n) is 15.5. The van der Waals surface area contributed by atoms with Crippen LogP contribution in [-0.4, -0.2) is 37.0 Å². The first kappa shape index (κ1) is 22.7. The Balaban J connectivity index is 0.00000529. The molecule has 1 aromatic rings. The van der Waals surface area contributed by atoms with Crippen molar-refractivity contribution in [2.75, 3.05) is 20.2 Å². The van der Waals surface area contributed by atoms with Crippen LogP contribution < -0.4 is 10.5 Å². The summed E-state index contributed by atoms with van der Waals surface area (Å²) in [7, 11) is 1.86. The molecule has 1 unspecified atom stereocenters. The third kappa shape index (κ3) is 9.14. The van der Waals surface area contributed by atoms with Gasteiger partial charge >= 0.3 is 0 Å². The second kappa shape index (κ2) is 12.2. The molecule has 0 saturated carbocycles. The van der Waals surface area contributed by atoms with Crippen molar-refractivity contribution in [3.63, 3.8) is 0 Å². The van der Waals surface area contributed by atoms with Gasteiger partial charge < -0.3 is 15.4 Å². The topological polar surface area (TPSA) is 55.6 Å². The number of halogens is 1. The predicted molar refractivity (Wildman–Crippen MR) is 103 cm³/mol. The van der Waals surface area contributed by atoms with E-state index in [4.69, 9.17) is 10.5 Å². The molecule has 0 aliphatic heterocycles. The van der Waals surface area contributed by atoms with Crippen molar-refractivity contribution in [3.05, 3.63) is 29.8 Å². The van der Waals surface area contributed by atoms with Gasteiger partial charge in [0.2, 0.25) is 5.91 Å². The Morgan fingerprint density at radius 1 is 1.29 bits per heavy atom. The monoisotopic (exact) mass is 356 g/mol. The molecule has 0 aromatic heterocycles. The molecule has 0 spiro atoms. The lowest BCUT2D eigenvalue weighted by Crippen LogP contribution is -2.34. The molecule has 2 N–H and O–H groups in total. The van der Waals surface area contributed by atoms with Gasteiger partial charge in [0.05, 0.1) is 6.61 Å². The van der Waals surface area contributed by atoms with Gasteiger partial charge in [-0.3, -0.25) is 4.79 Å². The highest BCUT2D eigenvalue weighted by atomic mass is 35.5. The molecule has 1 aromatic carbocycles. The molecule has 0 aliphatic carbocycles. The average Bonchev–Trinajstić information content (AvgIpc) is 2.51. The second-order valence-corrected chi connectivity index (χ2v) is 6.63. The van der Waals surface area contributed by atoms with E-state index in [9.17, 15) is 4.79 Å². The Kier molecular flexibility index (Phi) is 11.5. The van der Waals surface area contributed by atoms with E-state index < -0.39 is 0 Å². The third-order valence-corrected chi connectivity index (χ3v) is 4.12. The molecule has 4 nitrogen and oxygen atoms in total. The largest absolute Gasteiger partial charge is 0.494 e. The van der Waals surface area contributed by atoms with Crippen LogP contribution in [0.15, 0.2) is 24.3 Å². The Morgan fingerprint density at radius 3 is 2.62 bits per heavy atom. The molecule has 1 rings (SSSR count). The molecule has 0 bridgehead atoms. The normalized spacial score (nSPS) is 11.8. The molecule has 24 heavy (non-hydrogen) atoms. The number of hydrogen-bond acceptors (Lipinski definition) is 3. The lowest BCUT2D eigenvalue weighted by atomic mass is 10.0. The van der Waals surface area contributed by atoms with Gasteiger partial charge in [0.15, 0.2) is 0 Å². The number of hydrogen-bond donors (Lipinski definition) is 1. The smallest absolute Gasteiger partial charge is 0.222 e. The fraction of sp³-hybridized carbons (Fsp3) is 0.632. The number of unbranched alkanes of at least 4 members (excludes halogenated alkanes) is 1. The highest BCUT2D eigenvalue weighted by molar-refractivity contribution is 5.85. The summed E-state index contributed by atoms with van der Waals surface area (Å²) in [6.07, 6.45) is 3.17. The van der Waals surface area contributed by atoms with Crippen molar-refractivity contribution >= 4 is 18.3 Å². The maximum atomic E-state index is 12.0. The quantitative estimate of drug-likeness (QED) is 0.649. The summed E-state index contributed by atoms with van der Waals surface area (Å²) >= 11 is 0. The van der Waals surface area contributed by atoms with Crippen LogP contribution in [0, 0.1) is 12.8 Å².